The van der Waals surface area contributed by atoms with Crippen LogP contribution in [0.1, 0.15) is 20.8 Å². The van der Waals surface area contributed by atoms with E-state index >= 15 is 0 Å². The van der Waals surface area contributed by atoms with E-state index in [9.17, 15) is 4.79 Å². The second-order valence-corrected chi connectivity index (χ2v) is 3.78. The van der Waals surface area contributed by atoms with Crippen molar-refractivity contribution in [2.75, 3.05) is 5.75 Å². The molecular weight excluding hydrogens is 160 g/mol. The minimum atomic E-state index is -0.0455. The summed E-state index contributed by atoms with van der Waals surface area (Å²) in [5.41, 5.74) is 0.00338. The summed E-state index contributed by atoms with van der Waals surface area (Å²) in [6.45, 7) is 6.11. The molecule has 0 aliphatic rings. The summed E-state index contributed by atoms with van der Waals surface area (Å²) in [5.74, 6) is 0.593. The maximum atomic E-state index is 10.1. The molecule has 0 aliphatic carbocycles. The Hall–Kier alpha value is -0.220. The molecule has 2 N–H and O–H groups in total. The van der Waals surface area contributed by atoms with Gasteiger partial charge in [0.15, 0.2) is 0 Å². The molecule has 0 spiro atoms. The molecule has 11 heavy (non-hydrogen) atoms. The largest absolute Gasteiger partial charge is 0.342 e. The highest BCUT2D eigenvalue weighted by Crippen LogP contribution is 2.00. The van der Waals surface area contributed by atoms with Crippen molar-refractivity contribution >= 4 is 19.0 Å². The van der Waals surface area contributed by atoms with Gasteiger partial charge in [-0.2, -0.15) is 12.6 Å². The lowest BCUT2D eigenvalue weighted by Crippen LogP contribution is -2.51. The van der Waals surface area contributed by atoms with Crippen LogP contribution < -0.4 is 10.6 Å². The van der Waals surface area contributed by atoms with Crippen LogP contribution in [-0.2, 0) is 4.79 Å². The van der Waals surface area contributed by atoms with Gasteiger partial charge in [-0.15, -0.1) is 0 Å². The molecule has 1 atom stereocenters. The summed E-state index contributed by atoms with van der Waals surface area (Å²) in [5, 5.41) is 5.81. The topological polar surface area (TPSA) is 41.1 Å². The van der Waals surface area contributed by atoms with Crippen molar-refractivity contribution in [2.24, 2.45) is 0 Å². The zero-order valence-electron chi connectivity index (χ0n) is 7.22. The van der Waals surface area contributed by atoms with Gasteiger partial charge in [0.25, 0.3) is 0 Å². The van der Waals surface area contributed by atoms with E-state index in [0.29, 0.717) is 12.2 Å². The minimum absolute atomic E-state index is 0.00338. The number of carbonyl (C=O) groups excluding carboxylic acids is 1. The standard InChI is InChI=1S/C7H16N2OS/c1-7(2,3)9-6(4-11)8-5-10/h5-6,9,11H,4H2,1-3H3,(H,8,10)/t6-/m0/s1. The molecule has 0 aliphatic heterocycles. The number of hydrogen-bond acceptors (Lipinski definition) is 3. The summed E-state index contributed by atoms with van der Waals surface area (Å²) < 4.78 is 0. The molecule has 0 heterocycles. The average Bonchev–Trinajstić information content (AvgIpc) is 1.84. The molecular formula is C7H16N2OS. The van der Waals surface area contributed by atoms with Crippen LogP contribution in [0, 0.1) is 0 Å². The van der Waals surface area contributed by atoms with Gasteiger partial charge in [-0.3, -0.25) is 10.1 Å². The smallest absolute Gasteiger partial charge is 0.208 e. The molecule has 0 fully saturated rings. The first-order chi connectivity index (χ1) is 4.99. The highest BCUT2D eigenvalue weighted by molar-refractivity contribution is 7.80. The lowest BCUT2D eigenvalue weighted by molar-refractivity contribution is -0.110. The molecule has 0 saturated heterocycles. The number of carbonyl (C=O) groups is 1. The zero-order valence-corrected chi connectivity index (χ0v) is 8.11. The van der Waals surface area contributed by atoms with Crippen LogP contribution in [0.25, 0.3) is 0 Å². The fourth-order valence-electron chi connectivity index (χ4n) is 0.745. The van der Waals surface area contributed by atoms with Crippen molar-refractivity contribution in [2.45, 2.75) is 32.5 Å². The first-order valence-electron chi connectivity index (χ1n) is 3.58. The van der Waals surface area contributed by atoms with Gasteiger partial charge < -0.3 is 5.32 Å². The molecule has 66 valence electrons. The minimum Gasteiger partial charge on any atom is -0.342 e. The van der Waals surface area contributed by atoms with Crippen molar-refractivity contribution in [3.05, 3.63) is 0 Å². The van der Waals surface area contributed by atoms with E-state index in [1.165, 1.54) is 0 Å². The van der Waals surface area contributed by atoms with E-state index in [4.69, 9.17) is 0 Å². The van der Waals surface area contributed by atoms with E-state index in [1.807, 2.05) is 20.8 Å². The van der Waals surface area contributed by atoms with Gasteiger partial charge in [0.2, 0.25) is 6.41 Å². The number of rotatable bonds is 4. The van der Waals surface area contributed by atoms with Gasteiger partial charge in [0.1, 0.15) is 0 Å². The van der Waals surface area contributed by atoms with E-state index in [2.05, 4.69) is 23.3 Å². The van der Waals surface area contributed by atoms with Gasteiger partial charge in [-0.05, 0) is 20.8 Å². The molecule has 4 heteroatoms. The first kappa shape index (κ1) is 10.8. The molecule has 0 unspecified atom stereocenters. The van der Waals surface area contributed by atoms with Gasteiger partial charge in [-0.1, -0.05) is 0 Å². The van der Waals surface area contributed by atoms with Crippen molar-refractivity contribution in [1.29, 1.82) is 0 Å². The molecule has 0 aromatic rings. The fourth-order valence-corrected chi connectivity index (χ4v) is 0.942. The van der Waals surface area contributed by atoms with Crippen molar-refractivity contribution in [1.82, 2.24) is 10.6 Å². The Balaban J connectivity index is 3.77. The summed E-state index contributed by atoms with van der Waals surface area (Å²) in [6.07, 6.45) is 0.635. The third-order valence-corrected chi connectivity index (χ3v) is 1.42. The Kier molecular flexibility index (Phi) is 4.52. The van der Waals surface area contributed by atoms with E-state index in [1.54, 1.807) is 0 Å². The van der Waals surface area contributed by atoms with Crippen LogP contribution in [0.15, 0.2) is 0 Å². The maximum absolute atomic E-state index is 10.1. The number of hydrogen-bond donors (Lipinski definition) is 3. The maximum Gasteiger partial charge on any atom is 0.208 e. The third-order valence-electron chi connectivity index (χ3n) is 1.06. The fraction of sp³-hybridized carbons (Fsp3) is 0.857. The molecule has 0 radical (unpaired) electrons. The zero-order chi connectivity index (χ0) is 8.91. The van der Waals surface area contributed by atoms with Crippen molar-refractivity contribution in [3.8, 4) is 0 Å². The van der Waals surface area contributed by atoms with Gasteiger partial charge in [-0.25, -0.2) is 0 Å². The number of amides is 1. The van der Waals surface area contributed by atoms with Gasteiger partial charge in [0, 0.05) is 11.3 Å². The Morgan fingerprint density at radius 1 is 1.55 bits per heavy atom. The monoisotopic (exact) mass is 176 g/mol. The molecule has 0 bridgehead atoms. The first-order valence-corrected chi connectivity index (χ1v) is 4.21. The van der Waals surface area contributed by atoms with Crippen LogP contribution in [0.4, 0.5) is 0 Å². The van der Waals surface area contributed by atoms with E-state index in [-0.39, 0.29) is 11.7 Å². The van der Waals surface area contributed by atoms with Gasteiger partial charge >= 0.3 is 0 Å². The summed E-state index contributed by atoms with van der Waals surface area (Å²) in [7, 11) is 0. The van der Waals surface area contributed by atoms with Crippen LogP contribution >= 0.6 is 12.6 Å². The summed E-state index contributed by atoms with van der Waals surface area (Å²) in [4.78, 5) is 10.1. The summed E-state index contributed by atoms with van der Waals surface area (Å²) >= 11 is 4.08. The molecule has 0 saturated carbocycles. The quantitative estimate of drug-likeness (QED) is 0.329. The predicted molar refractivity (Wildman–Crippen MR) is 49.7 cm³/mol. The Labute approximate surface area is 73.3 Å². The highest BCUT2D eigenvalue weighted by atomic mass is 32.1. The Bertz CT molecular complexity index is 122. The normalized spacial score (nSPS) is 14.2. The lowest BCUT2D eigenvalue weighted by Gasteiger charge is -2.26. The van der Waals surface area contributed by atoms with Crippen molar-refractivity contribution in [3.63, 3.8) is 0 Å². The Morgan fingerprint density at radius 3 is 2.36 bits per heavy atom. The lowest BCUT2D eigenvalue weighted by atomic mass is 10.1. The van der Waals surface area contributed by atoms with E-state index < -0.39 is 0 Å². The molecule has 0 aromatic carbocycles. The van der Waals surface area contributed by atoms with Crippen LogP contribution in [-0.4, -0.2) is 23.9 Å². The summed E-state index contributed by atoms with van der Waals surface area (Å²) in [6, 6.07) is 0. The SMILES string of the molecule is CC(C)(C)N[C@@H](CS)NC=O. The highest BCUT2D eigenvalue weighted by Gasteiger charge is 2.14. The van der Waals surface area contributed by atoms with Crippen LogP contribution in [0.2, 0.25) is 0 Å². The second kappa shape index (κ2) is 4.62. The average molecular weight is 176 g/mol. The van der Waals surface area contributed by atoms with Crippen molar-refractivity contribution < 1.29 is 4.79 Å². The predicted octanol–water partition coefficient (Wildman–Crippen LogP) is 0.376. The second-order valence-electron chi connectivity index (χ2n) is 3.41. The van der Waals surface area contributed by atoms with Crippen LogP contribution in [0.5, 0.6) is 0 Å². The molecule has 1 amide bonds. The van der Waals surface area contributed by atoms with E-state index in [0.717, 1.165) is 0 Å². The third kappa shape index (κ3) is 6.19. The number of nitrogens with one attached hydrogen (secondary N) is 2. The number of thiol groups is 1. The Morgan fingerprint density at radius 2 is 2.09 bits per heavy atom. The van der Waals surface area contributed by atoms with Gasteiger partial charge in [0.05, 0.1) is 6.17 Å². The molecule has 0 aromatic heterocycles. The van der Waals surface area contributed by atoms with Crippen LogP contribution in [0.3, 0.4) is 0 Å². The molecule has 3 nitrogen and oxygen atoms in total. The molecule has 0 rings (SSSR count).